The molecule has 1 heterocycles. The highest BCUT2D eigenvalue weighted by atomic mass is 35.5. The summed E-state index contributed by atoms with van der Waals surface area (Å²) in [6.45, 7) is 0. The molecular weight excluding hydrogens is 365 g/mol. The molecule has 0 saturated carbocycles. The van der Waals surface area contributed by atoms with Gasteiger partial charge in [0.25, 0.3) is 5.91 Å². The van der Waals surface area contributed by atoms with Crippen molar-refractivity contribution in [2.75, 3.05) is 4.72 Å². The van der Waals surface area contributed by atoms with E-state index in [1.54, 1.807) is 0 Å². The number of amides is 1. The summed E-state index contributed by atoms with van der Waals surface area (Å²) in [7, 11) is -3.77. The maximum atomic E-state index is 12.2. The number of carbonyl (C=O) groups is 1. The van der Waals surface area contributed by atoms with E-state index in [2.05, 4.69) is 9.71 Å². The zero-order valence-corrected chi connectivity index (χ0v) is 13.8. The first kappa shape index (κ1) is 17.5. The number of nitrogens with one attached hydrogen (secondary N) is 2. The SMILES string of the molecule is O=C(NO)c1cc(NS(=O)(=O)Cc2ccc(Cl)cc2Cl)ccn1. The minimum Gasteiger partial charge on any atom is -0.288 e. The highest BCUT2D eigenvalue weighted by molar-refractivity contribution is 7.91. The Balaban J connectivity index is 2.19. The van der Waals surface area contributed by atoms with Gasteiger partial charge in [0.2, 0.25) is 10.0 Å². The lowest BCUT2D eigenvalue weighted by molar-refractivity contribution is 0.0701. The molecule has 0 aliphatic rings. The smallest absolute Gasteiger partial charge is 0.288 e. The summed E-state index contributed by atoms with van der Waals surface area (Å²) < 4.78 is 26.7. The van der Waals surface area contributed by atoms with E-state index in [-0.39, 0.29) is 22.2 Å². The topological polar surface area (TPSA) is 108 Å². The van der Waals surface area contributed by atoms with Gasteiger partial charge in [-0.25, -0.2) is 13.9 Å². The number of hydrogen-bond acceptors (Lipinski definition) is 5. The molecule has 3 N–H and O–H groups in total. The monoisotopic (exact) mass is 375 g/mol. The summed E-state index contributed by atoms with van der Waals surface area (Å²) in [6.07, 6.45) is 1.23. The largest absolute Gasteiger partial charge is 0.293 e. The van der Waals surface area contributed by atoms with Gasteiger partial charge in [0.05, 0.1) is 11.4 Å². The van der Waals surface area contributed by atoms with E-state index >= 15 is 0 Å². The van der Waals surface area contributed by atoms with Crippen LogP contribution >= 0.6 is 23.2 Å². The van der Waals surface area contributed by atoms with Crippen molar-refractivity contribution in [2.24, 2.45) is 0 Å². The van der Waals surface area contributed by atoms with Crippen LogP contribution in [0.3, 0.4) is 0 Å². The van der Waals surface area contributed by atoms with Crippen LogP contribution in [0.1, 0.15) is 16.1 Å². The van der Waals surface area contributed by atoms with Gasteiger partial charge < -0.3 is 0 Å². The van der Waals surface area contributed by atoms with Gasteiger partial charge in [0.1, 0.15) is 5.69 Å². The number of anilines is 1. The minimum absolute atomic E-state index is 0.128. The predicted octanol–water partition coefficient (Wildman–Crippen LogP) is 2.45. The van der Waals surface area contributed by atoms with Crippen LogP contribution in [0.25, 0.3) is 0 Å². The first-order valence-electron chi connectivity index (χ1n) is 6.15. The second kappa shape index (κ2) is 7.14. The second-order valence-electron chi connectivity index (χ2n) is 4.47. The molecule has 0 aliphatic carbocycles. The number of nitrogens with zero attached hydrogens (tertiary/aromatic N) is 1. The summed E-state index contributed by atoms with van der Waals surface area (Å²) in [6, 6.07) is 7.06. The van der Waals surface area contributed by atoms with Gasteiger partial charge in [-0.1, -0.05) is 29.3 Å². The average molecular weight is 376 g/mol. The van der Waals surface area contributed by atoms with Crippen molar-refractivity contribution in [3.05, 3.63) is 57.8 Å². The number of halogens is 2. The van der Waals surface area contributed by atoms with E-state index in [1.165, 1.54) is 42.0 Å². The molecule has 0 atom stereocenters. The Bertz CT molecular complexity index is 843. The number of benzene rings is 1. The average Bonchev–Trinajstić information content (AvgIpc) is 2.49. The molecule has 2 aromatic rings. The fraction of sp³-hybridized carbons (Fsp3) is 0.0769. The predicted molar refractivity (Wildman–Crippen MR) is 86.2 cm³/mol. The lowest BCUT2D eigenvalue weighted by atomic mass is 10.2. The first-order chi connectivity index (χ1) is 10.8. The highest BCUT2D eigenvalue weighted by Gasteiger charge is 2.15. The number of pyridine rings is 1. The molecule has 122 valence electrons. The van der Waals surface area contributed by atoms with Gasteiger partial charge in [-0.3, -0.25) is 19.7 Å². The quantitative estimate of drug-likeness (QED) is 0.549. The van der Waals surface area contributed by atoms with E-state index in [4.69, 9.17) is 28.4 Å². The third kappa shape index (κ3) is 4.80. The van der Waals surface area contributed by atoms with Gasteiger partial charge >= 0.3 is 0 Å². The molecule has 1 amide bonds. The van der Waals surface area contributed by atoms with Crippen LogP contribution < -0.4 is 10.2 Å². The number of hydroxylamine groups is 1. The molecular formula is C13H11Cl2N3O4S. The normalized spacial score (nSPS) is 11.1. The summed E-state index contributed by atoms with van der Waals surface area (Å²) in [4.78, 5) is 15.0. The highest BCUT2D eigenvalue weighted by Crippen LogP contribution is 2.23. The first-order valence-corrected chi connectivity index (χ1v) is 8.56. The molecule has 10 heteroatoms. The summed E-state index contributed by atoms with van der Waals surface area (Å²) in [5.74, 6) is -1.22. The van der Waals surface area contributed by atoms with E-state index in [0.29, 0.717) is 10.6 Å². The standard InChI is InChI=1S/C13H11Cl2N3O4S/c14-9-2-1-8(11(15)5-9)7-23(21,22)18-10-3-4-16-12(6-10)13(19)17-20/h1-6,20H,7H2,(H,16,18)(H,17,19). The zero-order valence-electron chi connectivity index (χ0n) is 11.5. The third-order valence-electron chi connectivity index (χ3n) is 2.73. The van der Waals surface area contributed by atoms with Gasteiger partial charge in [0.15, 0.2) is 0 Å². The van der Waals surface area contributed by atoms with Crippen LogP contribution in [-0.2, 0) is 15.8 Å². The van der Waals surface area contributed by atoms with Crippen molar-refractivity contribution >= 4 is 44.8 Å². The molecule has 0 saturated heterocycles. The van der Waals surface area contributed by atoms with Crippen molar-refractivity contribution in [3.63, 3.8) is 0 Å². The van der Waals surface area contributed by atoms with Crippen LogP contribution in [0.15, 0.2) is 36.5 Å². The van der Waals surface area contributed by atoms with E-state index in [0.717, 1.165) is 0 Å². The fourth-order valence-corrected chi connectivity index (χ4v) is 3.51. The maximum Gasteiger partial charge on any atom is 0.293 e. The zero-order chi connectivity index (χ0) is 17.0. The molecule has 0 unspecified atom stereocenters. The number of aromatic nitrogens is 1. The Labute approximate surface area is 142 Å². The summed E-state index contributed by atoms with van der Waals surface area (Å²) in [5.41, 5.74) is 1.78. The molecule has 0 bridgehead atoms. The van der Waals surface area contributed by atoms with Crippen LogP contribution in [0.5, 0.6) is 0 Å². The maximum absolute atomic E-state index is 12.2. The number of rotatable bonds is 5. The van der Waals surface area contributed by atoms with Crippen molar-refractivity contribution in [3.8, 4) is 0 Å². The molecule has 0 spiro atoms. The van der Waals surface area contributed by atoms with E-state index in [1.807, 2.05) is 0 Å². The van der Waals surface area contributed by atoms with Crippen LogP contribution in [0.4, 0.5) is 5.69 Å². The number of hydrogen-bond donors (Lipinski definition) is 3. The van der Waals surface area contributed by atoms with Crippen molar-refractivity contribution in [1.82, 2.24) is 10.5 Å². The Morgan fingerprint density at radius 2 is 1.96 bits per heavy atom. The Hall–Kier alpha value is -1.87. The Kier molecular flexibility index (Phi) is 5.42. The number of sulfonamides is 1. The van der Waals surface area contributed by atoms with Crippen LogP contribution in [0, 0.1) is 0 Å². The van der Waals surface area contributed by atoms with Gasteiger partial charge in [0, 0.05) is 16.2 Å². The van der Waals surface area contributed by atoms with Crippen LogP contribution in [0.2, 0.25) is 10.0 Å². The van der Waals surface area contributed by atoms with Crippen molar-refractivity contribution in [1.29, 1.82) is 0 Å². The third-order valence-corrected chi connectivity index (χ3v) is 4.55. The number of carbonyl (C=O) groups excluding carboxylic acids is 1. The molecule has 2 rings (SSSR count). The molecule has 0 fully saturated rings. The molecule has 1 aromatic heterocycles. The molecule has 23 heavy (non-hydrogen) atoms. The molecule has 1 aromatic carbocycles. The van der Waals surface area contributed by atoms with Crippen LogP contribution in [-0.4, -0.2) is 24.5 Å². The fourth-order valence-electron chi connectivity index (χ4n) is 1.73. The Morgan fingerprint density at radius 3 is 2.61 bits per heavy atom. The molecule has 0 radical (unpaired) electrons. The van der Waals surface area contributed by atoms with Crippen molar-refractivity contribution in [2.45, 2.75) is 5.75 Å². The molecule has 0 aliphatic heterocycles. The summed E-state index contributed by atoms with van der Waals surface area (Å²) in [5, 5.41) is 9.19. The van der Waals surface area contributed by atoms with Crippen molar-refractivity contribution < 1.29 is 18.4 Å². The van der Waals surface area contributed by atoms with E-state index < -0.39 is 15.9 Å². The van der Waals surface area contributed by atoms with E-state index in [9.17, 15) is 13.2 Å². The molecule has 7 nitrogen and oxygen atoms in total. The van der Waals surface area contributed by atoms with Gasteiger partial charge in [-0.2, -0.15) is 0 Å². The lowest BCUT2D eigenvalue weighted by Gasteiger charge is -2.10. The Morgan fingerprint density at radius 1 is 1.22 bits per heavy atom. The summed E-state index contributed by atoms with van der Waals surface area (Å²) >= 11 is 11.7. The minimum atomic E-state index is -3.77. The lowest BCUT2D eigenvalue weighted by Crippen LogP contribution is -2.21. The second-order valence-corrected chi connectivity index (χ2v) is 7.03. The van der Waals surface area contributed by atoms with Gasteiger partial charge in [-0.05, 0) is 29.8 Å². The van der Waals surface area contributed by atoms with Gasteiger partial charge in [-0.15, -0.1) is 0 Å².